The summed E-state index contributed by atoms with van der Waals surface area (Å²) in [5, 5.41) is 3.74. The molecule has 1 aromatic rings. The number of aryl methyl sites for hydroxylation is 1. The summed E-state index contributed by atoms with van der Waals surface area (Å²) < 4.78 is 0. The molecular weight excluding hydrogens is 260 g/mol. The van der Waals surface area contributed by atoms with E-state index in [4.69, 9.17) is 11.6 Å². The van der Waals surface area contributed by atoms with E-state index >= 15 is 0 Å². The van der Waals surface area contributed by atoms with Gasteiger partial charge in [-0.25, -0.2) is 0 Å². The van der Waals surface area contributed by atoms with Crippen molar-refractivity contribution >= 4 is 23.2 Å². The third-order valence-electron chi connectivity index (χ3n) is 4.05. The lowest BCUT2D eigenvalue weighted by Crippen LogP contribution is -2.43. The van der Waals surface area contributed by atoms with Gasteiger partial charge in [0.05, 0.1) is 0 Å². The summed E-state index contributed by atoms with van der Waals surface area (Å²) in [4.78, 5) is 14.7. The Kier molecular flexibility index (Phi) is 4.16. The van der Waals surface area contributed by atoms with Crippen LogP contribution in [-0.2, 0) is 4.79 Å². The molecule has 1 heterocycles. The van der Waals surface area contributed by atoms with E-state index in [9.17, 15) is 4.79 Å². The Morgan fingerprint density at radius 3 is 2.58 bits per heavy atom. The lowest BCUT2D eigenvalue weighted by molar-refractivity contribution is -0.127. The third-order valence-corrected chi connectivity index (χ3v) is 4.48. The second-order valence-electron chi connectivity index (χ2n) is 5.78. The molecule has 2 rings (SSSR count). The standard InChI is InChI=1S/C15H21ClN2O/c1-11-10-12(4-5-13(11)16)17-14(19)15(2)6-8-18(3)9-7-15/h4-5,10H,6-9H2,1-3H3,(H,17,19). The van der Waals surface area contributed by atoms with Gasteiger partial charge in [-0.1, -0.05) is 18.5 Å². The molecule has 1 amide bonds. The summed E-state index contributed by atoms with van der Waals surface area (Å²) in [7, 11) is 2.10. The number of carbonyl (C=O) groups excluding carboxylic acids is 1. The molecule has 0 saturated carbocycles. The Labute approximate surface area is 119 Å². The first-order valence-electron chi connectivity index (χ1n) is 6.67. The zero-order chi connectivity index (χ0) is 14.0. The molecule has 0 aliphatic carbocycles. The average molecular weight is 281 g/mol. The number of anilines is 1. The van der Waals surface area contributed by atoms with Crippen molar-refractivity contribution < 1.29 is 4.79 Å². The molecule has 1 aromatic carbocycles. The molecule has 3 nitrogen and oxygen atoms in total. The van der Waals surface area contributed by atoms with Crippen molar-refractivity contribution in [1.29, 1.82) is 0 Å². The van der Waals surface area contributed by atoms with Crippen LogP contribution in [0.3, 0.4) is 0 Å². The highest BCUT2D eigenvalue weighted by atomic mass is 35.5. The Balaban J connectivity index is 2.06. The predicted octanol–water partition coefficient (Wildman–Crippen LogP) is 3.32. The topological polar surface area (TPSA) is 32.3 Å². The molecule has 0 bridgehead atoms. The number of nitrogens with one attached hydrogen (secondary N) is 1. The molecule has 1 aliphatic rings. The van der Waals surface area contributed by atoms with Crippen LogP contribution < -0.4 is 5.32 Å². The Bertz CT molecular complexity index is 479. The summed E-state index contributed by atoms with van der Waals surface area (Å²) in [6, 6.07) is 5.59. The smallest absolute Gasteiger partial charge is 0.230 e. The van der Waals surface area contributed by atoms with Crippen LogP contribution in [0.4, 0.5) is 5.69 Å². The SMILES string of the molecule is Cc1cc(NC(=O)C2(C)CCN(C)CC2)ccc1Cl. The summed E-state index contributed by atoms with van der Waals surface area (Å²) >= 11 is 5.99. The van der Waals surface area contributed by atoms with E-state index in [1.807, 2.05) is 25.1 Å². The van der Waals surface area contributed by atoms with E-state index in [0.29, 0.717) is 0 Å². The molecular formula is C15H21ClN2O. The van der Waals surface area contributed by atoms with E-state index in [2.05, 4.69) is 24.2 Å². The number of hydrogen-bond donors (Lipinski definition) is 1. The monoisotopic (exact) mass is 280 g/mol. The highest BCUT2D eigenvalue weighted by Crippen LogP contribution is 2.32. The number of hydrogen-bond acceptors (Lipinski definition) is 2. The molecule has 104 valence electrons. The third kappa shape index (κ3) is 3.28. The number of carbonyl (C=O) groups is 1. The number of nitrogens with zero attached hydrogens (tertiary/aromatic N) is 1. The van der Waals surface area contributed by atoms with Crippen LogP contribution in [0, 0.1) is 12.3 Å². The fraction of sp³-hybridized carbons (Fsp3) is 0.533. The van der Waals surface area contributed by atoms with Crippen molar-refractivity contribution in [2.24, 2.45) is 5.41 Å². The number of rotatable bonds is 2. The fourth-order valence-corrected chi connectivity index (χ4v) is 2.46. The van der Waals surface area contributed by atoms with Gasteiger partial charge in [-0.3, -0.25) is 4.79 Å². The lowest BCUT2D eigenvalue weighted by atomic mass is 9.79. The second kappa shape index (κ2) is 5.51. The first-order chi connectivity index (χ1) is 8.90. The zero-order valence-electron chi connectivity index (χ0n) is 11.8. The summed E-state index contributed by atoms with van der Waals surface area (Å²) in [6.45, 7) is 5.94. The van der Waals surface area contributed by atoms with E-state index in [1.165, 1.54) is 0 Å². The van der Waals surface area contributed by atoms with Gasteiger partial charge < -0.3 is 10.2 Å². The van der Waals surface area contributed by atoms with Gasteiger partial charge in [0.1, 0.15) is 0 Å². The Morgan fingerprint density at radius 2 is 2.00 bits per heavy atom. The average Bonchev–Trinajstić information content (AvgIpc) is 2.37. The first kappa shape index (κ1) is 14.4. The minimum atomic E-state index is -0.264. The maximum Gasteiger partial charge on any atom is 0.230 e. The highest BCUT2D eigenvalue weighted by molar-refractivity contribution is 6.31. The van der Waals surface area contributed by atoms with Gasteiger partial charge in [0, 0.05) is 16.1 Å². The second-order valence-corrected chi connectivity index (χ2v) is 6.19. The number of benzene rings is 1. The van der Waals surface area contributed by atoms with Crippen LogP contribution in [0.5, 0.6) is 0 Å². The first-order valence-corrected chi connectivity index (χ1v) is 7.05. The molecule has 0 spiro atoms. The van der Waals surface area contributed by atoms with Gasteiger partial charge >= 0.3 is 0 Å². The van der Waals surface area contributed by atoms with Gasteiger partial charge in [0.15, 0.2) is 0 Å². The van der Waals surface area contributed by atoms with Gasteiger partial charge in [-0.15, -0.1) is 0 Å². The maximum atomic E-state index is 12.4. The van der Waals surface area contributed by atoms with Crippen molar-refractivity contribution in [3.63, 3.8) is 0 Å². The minimum absolute atomic E-state index is 0.113. The number of piperidine rings is 1. The molecule has 1 saturated heterocycles. The van der Waals surface area contributed by atoms with E-state index in [1.54, 1.807) is 0 Å². The van der Waals surface area contributed by atoms with Gasteiger partial charge in [0.25, 0.3) is 0 Å². The summed E-state index contributed by atoms with van der Waals surface area (Å²) in [5.74, 6) is 0.113. The van der Waals surface area contributed by atoms with Crippen molar-refractivity contribution in [2.75, 3.05) is 25.5 Å². The van der Waals surface area contributed by atoms with Gasteiger partial charge in [0.2, 0.25) is 5.91 Å². The molecule has 0 aromatic heterocycles. The van der Waals surface area contributed by atoms with Crippen molar-refractivity contribution in [2.45, 2.75) is 26.7 Å². The highest BCUT2D eigenvalue weighted by Gasteiger charge is 2.36. The van der Waals surface area contributed by atoms with Crippen molar-refractivity contribution in [3.8, 4) is 0 Å². The number of halogens is 1. The van der Waals surface area contributed by atoms with Crippen molar-refractivity contribution in [3.05, 3.63) is 28.8 Å². The van der Waals surface area contributed by atoms with Gasteiger partial charge in [-0.2, -0.15) is 0 Å². The molecule has 19 heavy (non-hydrogen) atoms. The Hall–Kier alpha value is -1.06. The molecule has 0 atom stereocenters. The van der Waals surface area contributed by atoms with E-state index in [0.717, 1.165) is 42.2 Å². The Morgan fingerprint density at radius 1 is 1.37 bits per heavy atom. The van der Waals surface area contributed by atoms with Crippen LogP contribution in [0.2, 0.25) is 5.02 Å². The van der Waals surface area contributed by atoms with E-state index in [-0.39, 0.29) is 11.3 Å². The van der Waals surface area contributed by atoms with Crippen molar-refractivity contribution in [1.82, 2.24) is 4.90 Å². The molecule has 1 N–H and O–H groups in total. The predicted molar refractivity (Wildman–Crippen MR) is 79.7 cm³/mol. The van der Waals surface area contributed by atoms with E-state index < -0.39 is 0 Å². The number of amides is 1. The normalized spacial score (nSPS) is 19.2. The number of likely N-dealkylation sites (tertiary alicyclic amines) is 1. The fourth-order valence-electron chi connectivity index (χ4n) is 2.34. The van der Waals surface area contributed by atoms with Crippen LogP contribution in [-0.4, -0.2) is 30.9 Å². The maximum absolute atomic E-state index is 12.4. The molecule has 4 heteroatoms. The molecule has 0 unspecified atom stereocenters. The van der Waals surface area contributed by atoms with Crippen LogP contribution in [0.25, 0.3) is 0 Å². The lowest BCUT2D eigenvalue weighted by Gasteiger charge is -2.36. The van der Waals surface area contributed by atoms with Crippen LogP contribution in [0.15, 0.2) is 18.2 Å². The quantitative estimate of drug-likeness (QED) is 0.901. The van der Waals surface area contributed by atoms with Crippen LogP contribution in [0.1, 0.15) is 25.3 Å². The minimum Gasteiger partial charge on any atom is -0.326 e. The summed E-state index contributed by atoms with van der Waals surface area (Å²) in [5.41, 5.74) is 1.54. The largest absolute Gasteiger partial charge is 0.326 e. The van der Waals surface area contributed by atoms with Gasteiger partial charge in [-0.05, 0) is 63.7 Å². The molecule has 1 fully saturated rings. The van der Waals surface area contributed by atoms with Crippen LogP contribution >= 0.6 is 11.6 Å². The molecule has 0 radical (unpaired) electrons. The zero-order valence-corrected chi connectivity index (χ0v) is 12.5. The molecule has 1 aliphatic heterocycles. The summed E-state index contributed by atoms with van der Waals surface area (Å²) in [6.07, 6.45) is 1.81.